The van der Waals surface area contributed by atoms with Crippen LogP contribution < -0.4 is 9.47 Å². The van der Waals surface area contributed by atoms with Gasteiger partial charge in [0.15, 0.2) is 0 Å². The van der Waals surface area contributed by atoms with Crippen molar-refractivity contribution in [3.05, 3.63) is 77.8 Å². The van der Waals surface area contributed by atoms with E-state index in [-0.39, 0.29) is 17.3 Å². The second-order valence-corrected chi connectivity index (χ2v) is 6.26. The maximum Gasteiger partial charge on any atom is 0.341 e. The van der Waals surface area contributed by atoms with Crippen LogP contribution in [0.2, 0.25) is 0 Å². The summed E-state index contributed by atoms with van der Waals surface area (Å²) in [6, 6.07) is 15.7. The van der Waals surface area contributed by atoms with Gasteiger partial charge in [-0.2, -0.15) is 5.26 Å². The smallest absolute Gasteiger partial charge is 0.341 e. The molecule has 2 aromatic carbocycles. The number of aryl methyl sites for hydroxylation is 1. The lowest BCUT2D eigenvalue weighted by Crippen LogP contribution is -2.06. The molecule has 0 spiro atoms. The van der Waals surface area contributed by atoms with Gasteiger partial charge in [-0.05, 0) is 30.7 Å². The first-order chi connectivity index (χ1) is 15.0. The summed E-state index contributed by atoms with van der Waals surface area (Å²) in [6.07, 6.45) is 2.56. The third-order valence-corrected chi connectivity index (χ3v) is 4.12. The van der Waals surface area contributed by atoms with E-state index in [2.05, 4.69) is 16.0 Å². The molecule has 8 heteroatoms. The number of rotatable bonds is 7. The molecule has 8 nitrogen and oxygen atoms in total. The van der Waals surface area contributed by atoms with Gasteiger partial charge in [-0.3, -0.25) is 0 Å². The van der Waals surface area contributed by atoms with E-state index in [1.807, 2.05) is 13.0 Å². The number of nitriles is 1. The highest BCUT2D eigenvalue weighted by Gasteiger charge is 2.18. The first-order valence-corrected chi connectivity index (χ1v) is 9.15. The number of benzene rings is 2. The summed E-state index contributed by atoms with van der Waals surface area (Å²) in [5.41, 5.74) is 1.98. The van der Waals surface area contributed by atoms with Crippen molar-refractivity contribution in [2.45, 2.75) is 6.92 Å². The largest absolute Gasteiger partial charge is 0.503 e. The second kappa shape index (κ2) is 9.89. The van der Waals surface area contributed by atoms with Gasteiger partial charge in [-0.25, -0.2) is 14.8 Å². The van der Waals surface area contributed by atoms with Gasteiger partial charge in [0.1, 0.15) is 29.5 Å². The van der Waals surface area contributed by atoms with Gasteiger partial charge < -0.3 is 18.9 Å². The zero-order valence-corrected chi connectivity index (χ0v) is 17.2. The number of nitrogens with zero attached hydrogens (tertiary/aromatic N) is 3. The predicted molar refractivity (Wildman–Crippen MR) is 112 cm³/mol. The molecule has 0 bridgehead atoms. The monoisotopic (exact) mass is 417 g/mol. The lowest BCUT2D eigenvalue weighted by molar-refractivity contribution is -0.133. The van der Waals surface area contributed by atoms with E-state index >= 15 is 0 Å². The first-order valence-electron chi connectivity index (χ1n) is 9.15. The molecule has 1 heterocycles. The van der Waals surface area contributed by atoms with Crippen molar-refractivity contribution in [2.24, 2.45) is 0 Å². The average Bonchev–Trinajstić information content (AvgIpc) is 2.79. The Bertz CT molecular complexity index is 1170. The molecule has 0 unspecified atom stereocenters. The normalized spacial score (nSPS) is 10.7. The molecule has 0 atom stereocenters. The predicted octanol–water partition coefficient (Wildman–Crippen LogP) is 4.40. The SMILES string of the molecule is CO/C=C(/C(=O)OC)c1ccccc1Oc1cc(Oc2ccc(C)cc2C#N)ncn1. The van der Waals surface area contributed by atoms with Crippen LogP contribution in [0.5, 0.6) is 23.3 Å². The van der Waals surface area contributed by atoms with Crippen LogP contribution in [0.1, 0.15) is 16.7 Å². The number of carbonyl (C=O) groups excluding carboxylic acids is 1. The van der Waals surface area contributed by atoms with Crippen molar-refractivity contribution in [1.29, 1.82) is 5.26 Å². The van der Waals surface area contributed by atoms with E-state index in [1.54, 1.807) is 36.4 Å². The lowest BCUT2D eigenvalue weighted by Gasteiger charge is -2.12. The number of hydrogen-bond acceptors (Lipinski definition) is 8. The molecule has 0 fully saturated rings. The number of carbonyl (C=O) groups is 1. The molecule has 0 radical (unpaired) electrons. The zero-order chi connectivity index (χ0) is 22.2. The molecule has 0 aliphatic heterocycles. The number of esters is 1. The van der Waals surface area contributed by atoms with Gasteiger partial charge in [0.25, 0.3) is 0 Å². The van der Waals surface area contributed by atoms with Gasteiger partial charge in [-0.15, -0.1) is 0 Å². The van der Waals surface area contributed by atoms with Gasteiger partial charge in [0.05, 0.1) is 32.1 Å². The Morgan fingerprint density at radius 3 is 2.39 bits per heavy atom. The van der Waals surface area contributed by atoms with Gasteiger partial charge in [-0.1, -0.05) is 24.3 Å². The van der Waals surface area contributed by atoms with Crippen LogP contribution in [-0.2, 0) is 14.3 Å². The minimum Gasteiger partial charge on any atom is -0.503 e. The van der Waals surface area contributed by atoms with E-state index in [0.717, 1.165) is 5.56 Å². The summed E-state index contributed by atoms with van der Waals surface area (Å²) < 4.78 is 21.5. The molecule has 0 aliphatic rings. The highest BCUT2D eigenvalue weighted by Crippen LogP contribution is 2.32. The molecule has 0 saturated heterocycles. The minimum atomic E-state index is -0.576. The average molecular weight is 417 g/mol. The van der Waals surface area contributed by atoms with Crippen LogP contribution in [-0.4, -0.2) is 30.2 Å². The number of methoxy groups -OCH3 is 2. The summed E-state index contributed by atoms with van der Waals surface area (Å²) in [5, 5.41) is 9.32. The Balaban J connectivity index is 1.90. The Kier molecular flexibility index (Phi) is 6.81. The third-order valence-electron chi connectivity index (χ3n) is 4.12. The zero-order valence-electron chi connectivity index (χ0n) is 17.2. The van der Waals surface area contributed by atoms with Crippen LogP contribution in [0.25, 0.3) is 5.57 Å². The summed E-state index contributed by atoms with van der Waals surface area (Å²) in [7, 11) is 2.71. The molecular formula is C23H19N3O5. The molecule has 1 aromatic heterocycles. The lowest BCUT2D eigenvalue weighted by atomic mass is 10.1. The Morgan fingerprint density at radius 2 is 1.71 bits per heavy atom. The van der Waals surface area contributed by atoms with Crippen molar-refractivity contribution in [3.8, 4) is 29.3 Å². The van der Waals surface area contributed by atoms with Gasteiger partial charge >= 0.3 is 5.97 Å². The molecule has 31 heavy (non-hydrogen) atoms. The molecular weight excluding hydrogens is 398 g/mol. The summed E-state index contributed by atoms with van der Waals surface area (Å²) in [4.78, 5) is 20.3. The van der Waals surface area contributed by atoms with Crippen molar-refractivity contribution >= 4 is 11.5 Å². The molecule has 156 valence electrons. The van der Waals surface area contributed by atoms with Gasteiger partial charge in [0.2, 0.25) is 11.8 Å². The Morgan fingerprint density at radius 1 is 1.00 bits per heavy atom. The van der Waals surface area contributed by atoms with Crippen molar-refractivity contribution < 1.29 is 23.7 Å². The third kappa shape index (κ3) is 5.16. The number of para-hydroxylation sites is 1. The van der Waals surface area contributed by atoms with Crippen molar-refractivity contribution in [3.63, 3.8) is 0 Å². The van der Waals surface area contributed by atoms with Crippen molar-refractivity contribution in [1.82, 2.24) is 9.97 Å². The first kappa shape index (κ1) is 21.3. The number of hydrogen-bond donors (Lipinski definition) is 0. The van der Waals surface area contributed by atoms with Crippen LogP contribution in [0, 0.1) is 18.3 Å². The molecule has 3 rings (SSSR count). The highest BCUT2D eigenvalue weighted by atomic mass is 16.5. The molecule has 3 aromatic rings. The van der Waals surface area contributed by atoms with Gasteiger partial charge in [0, 0.05) is 5.56 Å². The van der Waals surface area contributed by atoms with Crippen molar-refractivity contribution in [2.75, 3.05) is 14.2 Å². The molecule has 0 saturated carbocycles. The van der Waals surface area contributed by atoms with E-state index in [4.69, 9.17) is 18.9 Å². The Hall–Kier alpha value is -4.38. The van der Waals surface area contributed by atoms with E-state index < -0.39 is 5.97 Å². The maximum absolute atomic E-state index is 12.2. The van der Waals surface area contributed by atoms with E-state index in [1.165, 1.54) is 32.9 Å². The fraction of sp³-hybridized carbons (Fsp3) is 0.130. The number of aromatic nitrogens is 2. The molecule has 0 aliphatic carbocycles. The van der Waals surface area contributed by atoms with Crippen LogP contribution >= 0.6 is 0 Å². The number of ether oxygens (including phenoxy) is 4. The summed E-state index contributed by atoms with van der Waals surface area (Å²) in [6.45, 7) is 1.89. The second-order valence-electron chi connectivity index (χ2n) is 6.26. The molecule has 0 amide bonds. The summed E-state index contributed by atoms with van der Waals surface area (Å²) in [5.74, 6) is 0.532. The van der Waals surface area contributed by atoms with E-state index in [0.29, 0.717) is 22.6 Å². The standard InChI is InChI=1S/C23H19N3O5/c1-15-8-9-19(16(10-15)12-24)30-21-11-22(26-14-25-21)31-20-7-5-4-6-17(20)18(13-28-2)23(27)29-3/h4-11,13-14H,1-3H3/b18-13+. The minimum absolute atomic E-state index is 0.185. The van der Waals surface area contributed by atoms with Crippen LogP contribution in [0.4, 0.5) is 0 Å². The van der Waals surface area contributed by atoms with Crippen LogP contribution in [0.15, 0.2) is 61.1 Å². The fourth-order valence-corrected chi connectivity index (χ4v) is 2.71. The van der Waals surface area contributed by atoms with Crippen LogP contribution in [0.3, 0.4) is 0 Å². The topological polar surface area (TPSA) is 104 Å². The highest BCUT2D eigenvalue weighted by molar-refractivity contribution is 6.17. The fourth-order valence-electron chi connectivity index (χ4n) is 2.71. The summed E-state index contributed by atoms with van der Waals surface area (Å²) >= 11 is 0. The van der Waals surface area contributed by atoms with E-state index in [9.17, 15) is 10.1 Å². The molecule has 0 N–H and O–H groups in total. The Labute approximate surface area is 179 Å². The quantitative estimate of drug-likeness (QED) is 0.316. The maximum atomic E-state index is 12.2.